The number of aliphatic carboxylic acids is 1. The molecule has 7 nitrogen and oxygen atoms in total. The lowest BCUT2D eigenvalue weighted by Crippen LogP contribution is -2.44. The van der Waals surface area contributed by atoms with Crippen LogP contribution in [0, 0.1) is 0 Å². The van der Waals surface area contributed by atoms with Crippen LogP contribution in [-0.4, -0.2) is 41.4 Å². The second-order valence-electron chi connectivity index (χ2n) is 8.49. The monoisotopic (exact) mass is 431 g/mol. The standard InChI is InChI=1S/C24H27NO6/c1-24(2,3)31-22(28)20(12-13-21(26)27)25-23(29)30-14-19-17-10-6-4-8-15(17)16-9-5-7-11-18(16)19/h4-11,19-20H,12-14H2,1-3H3,(H,25,29)(H,26,27)/t20-/m0/s1/i12+1,13+1,20+1,21+1,22+1,25+1. The van der Waals surface area contributed by atoms with E-state index in [1.807, 2.05) is 48.5 Å². The van der Waals surface area contributed by atoms with Gasteiger partial charge in [0.15, 0.2) is 0 Å². The SMILES string of the molecule is CC(C)(C)O[13C](=O)[13C@H]([13CH2][13CH2][13C](=O)O)[15NH]C(=O)OCC1c2ccccc2-c2ccccc21. The van der Waals surface area contributed by atoms with Gasteiger partial charge in [-0.25, -0.2) is 9.59 Å². The number of fused-ring (bicyclic) bond motifs is 3. The summed E-state index contributed by atoms with van der Waals surface area (Å²) in [6.45, 7) is 5.20. The van der Waals surface area contributed by atoms with Crippen LogP contribution in [0.15, 0.2) is 48.5 Å². The van der Waals surface area contributed by atoms with Crippen molar-refractivity contribution in [1.29, 1.82) is 0 Å². The molecule has 0 spiro atoms. The molecule has 2 aromatic carbocycles. The van der Waals surface area contributed by atoms with Gasteiger partial charge in [-0.1, -0.05) is 48.5 Å². The first-order valence-electron chi connectivity index (χ1n) is 10.2. The molecule has 0 saturated heterocycles. The van der Waals surface area contributed by atoms with E-state index in [4.69, 9.17) is 14.6 Å². The van der Waals surface area contributed by atoms with Crippen LogP contribution < -0.4 is 5.32 Å². The van der Waals surface area contributed by atoms with Crippen molar-refractivity contribution in [3.05, 3.63) is 59.7 Å². The van der Waals surface area contributed by atoms with Crippen LogP contribution in [0.5, 0.6) is 0 Å². The van der Waals surface area contributed by atoms with Crippen LogP contribution in [0.1, 0.15) is 50.7 Å². The van der Waals surface area contributed by atoms with Gasteiger partial charge >= 0.3 is 18.0 Å². The third kappa shape index (κ3) is 5.63. The van der Waals surface area contributed by atoms with E-state index in [9.17, 15) is 14.4 Å². The van der Waals surface area contributed by atoms with Crippen LogP contribution in [0.25, 0.3) is 11.1 Å². The Labute approximate surface area is 181 Å². The number of benzene rings is 2. The predicted octanol–water partition coefficient (Wildman–Crippen LogP) is 4.10. The maximum absolute atomic E-state index is 12.5. The first-order valence-corrected chi connectivity index (χ1v) is 10.2. The summed E-state index contributed by atoms with van der Waals surface area (Å²) in [6.07, 6.45) is -1.16. The summed E-state index contributed by atoms with van der Waals surface area (Å²) in [7, 11) is 0. The highest BCUT2D eigenvalue weighted by Gasteiger charge is 2.31. The van der Waals surface area contributed by atoms with Gasteiger partial charge in [0.25, 0.3) is 0 Å². The minimum Gasteiger partial charge on any atom is -0.481 e. The lowest BCUT2D eigenvalue weighted by atomic mass is 9.98. The van der Waals surface area contributed by atoms with Crippen molar-refractivity contribution >= 4 is 18.0 Å². The second-order valence-corrected chi connectivity index (χ2v) is 8.49. The first-order chi connectivity index (χ1) is 14.7. The van der Waals surface area contributed by atoms with E-state index in [2.05, 4.69) is 5.32 Å². The lowest BCUT2D eigenvalue weighted by molar-refractivity contribution is -0.157. The number of hydrogen-bond acceptors (Lipinski definition) is 5. The molecule has 164 valence electrons. The van der Waals surface area contributed by atoms with Crippen molar-refractivity contribution < 1.29 is 29.0 Å². The minimum absolute atomic E-state index is 0.0888. The van der Waals surface area contributed by atoms with Crippen LogP contribution in [0.3, 0.4) is 0 Å². The van der Waals surface area contributed by atoms with Gasteiger partial charge in [0, 0.05) is 12.3 Å². The Hall–Kier alpha value is -3.35. The Balaban J connectivity index is 1.67. The van der Waals surface area contributed by atoms with Crippen LogP contribution >= 0.6 is 0 Å². The number of ether oxygens (including phenoxy) is 2. The molecule has 2 N–H and O–H groups in total. The predicted molar refractivity (Wildman–Crippen MR) is 115 cm³/mol. The maximum atomic E-state index is 12.5. The van der Waals surface area contributed by atoms with E-state index in [1.165, 1.54) is 0 Å². The summed E-state index contributed by atoms with van der Waals surface area (Å²) >= 11 is 0. The zero-order valence-corrected chi connectivity index (χ0v) is 17.9. The number of hydrogen-bond donors (Lipinski definition) is 2. The highest BCUT2D eigenvalue weighted by molar-refractivity contribution is 5.83. The zero-order valence-electron chi connectivity index (χ0n) is 17.9. The average Bonchev–Trinajstić information content (AvgIpc) is 3.02. The number of rotatable bonds is 7. The lowest BCUT2D eigenvalue weighted by Gasteiger charge is -2.24. The second kappa shape index (κ2) is 9.20. The quantitative estimate of drug-likeness (QED) is 0.389. The smallest absolute Gasteiger partial charge is 0.407 e. The number of esters is 1. The molecule has 0 heterocycles. The van der Waals surface area contributed by atoms with Crippen molar-refractivity contribution in [2.45, 2.75) is 51.2 Å². The summed E-state index contributed by atoms with van der Waals surface area (Å²) in [5.41, 5.74) is 3.61. The molecular weight excluding hydrogens is 404 g/mol. The number of amides is 1. The first kappa shape index (κ1) is 22.3. The van der Waals surface area contributed by atoms with Crippen molar-refractivity contribution in [1.82, 2.24) is 5.32 Å². The minimum atomic E-state index is -1.11. The van der Waals surface area contributed by atoms with Gasteiger partial charge in [-0.05, 0) is 49.4 Å². The van der Waals surface area contributed by atoms with E-state index >= 15 is 0 Å². The molecule has 1 atom stereocenters. The average molecular weight is 431 g/mol. The molecule has 1 amide bonds. The van der Waals surface area contributed by atoms with Crippen molar-refractivity contribution in [3.8, 4) is 11.1 Å². The maximum Gasteiger partial charge on any atom is 0.407 e. The van der Waals surface area contributed by atoms with Gasteiger partial charge in [0.1, 0.15) is 18.2 Å². The van der Waals surface area contributed by atoms with Crippen LogP contribution in [0.4, 0.5) is 4.79 Å². The molecular formula is C24H27NO6. The van der Waals surface area contributed by atoms with Gasteiger partial charge < -0.3 is 19.9 Å². The normalized spacial score (nSPS) is 13.6. The molecule has 0 saturated carbocycles. The molecule has 0 fully saturated rings. The number of carbonyl (C=O) groups excluding carboxylic acids is 2. The Kier molecular flexibility index (Phi) is 6.63. The Morgan fingerprint density at radius 1 is 1.00 bits per heavy atom. The number of carboxylic acids is 1. The topological polar surface area (TPSA) is 102 Å². The third-order valence-corrected chi connectivity index (χ3v) is 4.97. The Morgan fingerprint density at radius 3 is 2.06 bits per heavy atom. The largest absolute Gasteiger partial charge is 0.481 e. The number of alkyl carbamates (subject to hydrolysis) is 1. The molecule has 0 unspecified atom stereocenters. The van der Waals surface area contributed by atoms with Crippen molar-refractivity contribution in [2.24, 2.45) is 0 Å². The number of carboxylic acid groups (broad SMARTS) is 1. The highest BCUT2D eigenvalue weighted by atomic mass is 16.7. The summed E-state index contributed by atoms with van der Waals surface area (Å²) in [6, 6.07) is 14.8. The summed E-state index contributed by atoms with van der Waals surface area (Å²) in [5, 5.41) is 11.4. The molecule has 1 aliphatic carbocycles. The van der Waals surface area contributed by atoms with Gasteiger partial charge in [-0.15, -0.1) is 0 Å². The highest BCUT2D eigenvalue weighted by Crippen LogP contribution is 2.44. The summed E-state index contributed by atoms with van der Waals surface area (Å²) in [5.74, 6) is -1.87. The van der Waals surface area contributed by atoms with E-state index in [0.29, 0.717) is 0 Å². The molecule has 31 heavy (non-hydrogen) atoms. The molecule has 1 aliphatic rings. The van der Waals surface area contributed by atoms with Crippen LogP contribution in [0.2, 0.25) is 0 Å². The van der Waals surface area contributed by atoms with Crippen molar-refractivity contribution in [2.75, 3.05) is 6.61 Å². The molecule has 2 aromatic rings. The fourth-order valence-corrected chi connectivity index (χ4v) is 3.67. The molecule has 0 radical (unpaired) electrons. The van der Waals surface area contributed by atoms with Gasteiger partial charge in [-0.2, -0.15) is 0 Å². The molecule has 7 heteroatoms. The van der Waals surface area contributed by atoms with E-state index in [0.717, 1.165) is 22.3 Å². The molecule has 3 rings (SSSR count). The van der Waals surface area contributed by atoms with Crippen LogP contribution in [-0.2, 0) is 19.1 Å². The van der Waals surface area contributed by atoms with Crippen molar-refractivity contribution in [3.63, 3.8) is 0 Å². The fraction of sp³-hybridized carbons (Fsp3) is 0.375. The zero-order chi connectivity index (χ0) is 22.6. The van der Waals surface area contributed by atoms with E-state index < -0.39 is 29.7 Å². The number of nitrogens with one attached hydrogen (secondary N) is 1. The number of carbonyl (C=O) groups is 3. The Bertz CT molecular complexity index is 933. The summed E-state index contributed by atoms with van der Waals surface area (Å²) < 4.78 is 10.8. The molecule has 0 aromatic heterocycles. The third-order valence-electron chi connectivity index (χ3n) is 4.97. The van der Waals surface area contributed by atoms with Gasteiger partial charge in [0.2, 0.25) is 0 Å². The van der Waals surface area contributed by atoms with Gasteiger partial charge in [0.05, 0.1) is 0 Å². The van der Waals surface area contributed by atoms with E-state index in [1.54, 1.807) is 20.8 Å². The molecule has 0 bridgehead atoms. The Morgan fingerprint density at radius 2 is 1.55 bits per heavy atom. The van der Waals surface area contributed by atoms with E-state index in [-0.39, 0.29) is 25.4 Å². The summed E-state index contributed by atoms with van der Waals surface area (Å²) in [4.78, 5) is 35.8. The molecule has 0 aliphatic heterocycles. The van der Waals surface area contributed by atoms with Gasteiger partial charge in [-0.3, -0.25) is 4.79 Å². The fourth-order valence-electron chi connectivity index (χ4n) is 3.67.